The molecule has 0 unspecified atom stereocenters. The molecule has 2 heterocycles. The van der Waals surface area contributed by atoms with Crippen molar-refractivity contribution < 1.29 is 31.9 Å². The molecule has 3 amide bonds. The summed E-state index contributed by atoms with van der Waals surface area (Å²) in [7, 11) is -3.22. The molecule has 0 spiro atoms. The third kappa shape index (κ3) is 5.89. The number of amides is 3. The number of nitrogens with two attached hydrogens (primary N) is 1. The van der Waals surface area contributed by atoms with E-state index in [1.807, 2.05) is 0 Å². The molecule has 2 aromatic carbocycles. The molecule has 11 nitrogen and oxygen atoms in total. The van der Waals surface area contributed by atoms with Crippen molar-refractivity contribution in [3.8, 4) is 11.5 Å². The summed E-state index contributed by atoms with van der Waals surface area (Å²) in [4.78, 5) is 46.5. The Morgan fingerprint density at radius 3 is 2.29 bits per heavy atom. The van der Waals surface area contributed by atoms with E-state index < -0.39 is 38.8 Å². The molecule has 2 aromatic heterocycles. The van der Waals surface area contributed by atoms with Crippen molar-refractivity contribution in [1.29, 1.82) is 0 Å². The first-order valence-corrected chi connectivity index (χ1v) is 14.6. The molecule has 1 aliphatic rings. The van der Waals surface area contributed by atoms with Crippen LogP contribution in [0, 0.1) is 11.2 Å². The molecule has 13 heteroatoms. The lowest BCUT2D eigenvalue weighted by molar-refractivity contribution is -0.133. The predicted octanol–water partition coefficient (Wildman–Crippen LogP) is 3.20. The number of aromatic amines is 1. The van der Waals surface area contributed by atoms with Crippen molar-refractivity contribution in [2.45, 2.75) is 12.8 Å². The van der Waals surface area contributed by atoms with Crippen LogP contribution in [0.4, 0.5) is 15.8 Å². The van der Waals surface area contributed by atoms with Gasteiger partial charge in [-0.3, -0.25) is 19.3 Å². The molecule has 0 aliphatic heterocycles. The molecule has 212 valence electrons. The Hall–Kier alpha value is -4.78. The van der Waals surface area contributed by atoms with Gasteiger partial charge < -0.3 is 20.8 Å². The van der Waals surface area contributed by atoms with Crippen molar-refractivity contribution in [2.75, 3.05) is 23.5 Å². The van der Waals surface area contributed by atoms with Gasteiger partial charge >= 0.3 is 0 Å². The highest BCUT2D eigenvalue weighted by Crippen LogP contribution is 2.49. The molecule has 4 aromatic rings. The molecule has 1 fully saturated rings. The normalized spacial score (nSPS) is 13.9. The molecule has 0 bridgehead atoms. The molecule has 41 heavy (non-hydrogen) atoms. The van der Waals surface area contributed by atoms with Gasteiger partial charge in [0, 0.05) is 30.4 Å². The average molecular weight is 580 g/mol. The van der Waals surface area contributed by atoms with Gasteiger partial charge in [0.05, 0.1) is 11.1 Å². The van der Waals surface area contributed by atoms with Crippen LogP contribution in [0.1, 0.15) is 23.3 Å². The maximum absolute atomic E-state index is 13.6. The van der Waals surface area contributed by atoms with Crippen LogP contribution in [0.5, 0.6) is 11.5 Å². The lowest BCUT2D eigenvalue weighted by Gasteiger charge is -2.26. The first-order chi connectivity index (χ1) is 19.5. The van der Waals surface area contributed by atoms with Crippen LogP contribution < -0.4 is 20.7 Å². The Labute approximate surface area is 234 Å². The van der Waals surface area contributed by atoms with E-state index in [0.717, 1.165) is 6.26 Å². The number of ether oxygens (including phenoxy) is 1. The van der Waals surface area contributed by atoms with Crippen molar-refractivity contribution in [3.63, 3.8) is 0 Å². The number of fused-ring (bicyclic) bond motifs is 1. The van der Waals surface area contributed by atoms with Gasteiger partial charge in [-0.2, -0.15) is 0 Å². The quantitative estimate of drug-likeness (QED) is 0.243. The second-order valence-electron chi connectivity index (χ2n) is 9.80. The molecular weight excluding hydrogens is 553 g/mol. The predicted molar refractivity (Wildman–Crippen MR) is 149 cm³/mol. The first kappa shape index (κ1) is 27.8. The van der Waals surface area contributed by atoms with E-state index in [1.54, 1.807) is 36.4 Å². The standard InChI is InChI=1S/C28H26FN5O6S/c1-41(38,39)15-14-32-25(35)22-16-21-23(10-13-31-24(21)33-22)40-20-8-6-19(7-9-20)34(18-4-2-17(29)3-5-18)27(37)28(11-12-28)26(30)36/h2-10,13,16H,11-12,14-15H2,1H3,(H2,30,36)(H,31,33)(H,32,35). The fraction of sp³-hybridized carbons (Fsp3) is 0.214. The minimum absolute atomic E-state index is 0.0336. The fourth-order valence-corrected chi connectivity index (χ4v) is 4.80. The van der Waals surface area contributed by atoms with E-state index in [2.05, 4.69) is 15.3 Å². The van der Waals surface area contributed by atoms with Gasteiger partial charge in [0.15, 0.2) is 0 Å². The van der Waals surface area contributed by atoms with E-state index in [4.69, 9.17) is 10.5 Å². The Bertz CT molecular complexity index is 1750. The Kier molecular flexibility index (Phi) is 7.22. The highest BCUT2D eigenvalue weighted by atomic mass is 32.2. The van der Waals surface area contributed by atoms with Gasteiger partial charge in [-0.25, -0.2) is 17.8 Å². The van der Waals surface area contributed by atoms with E-state index in [1.165, 1.54) is 35.4 Å². The summed E-state index contributed by atoms with van der Waals surface area (Å²) in [5, 5.41) is 3.07. The molecule has 0 radical (unpaired) electrons. The SMILES string of the molecule is CS(=O)(=O)CCNC(=O)c1cc2c(Oc3ccc(N(C(=O)C4(C(N)=O)CC4)c4ccc(F)cc4)cc3)ccnc2[nH]1. The molecule has 1 aliphatic carbocycles. The number of halogens is 1. The molecule has 4 N–H and O–H groups in total. The summed E-state index contributed by atoms with van der Waals surface area (Å²) in [5.41, 5.74) is 5.63. The minimum atomic E-state index is -3.22. The van der Waals surface area contributed by atoms with Gasteiger partial charge in [0.25, 0.3) is 5.91 Å². The number of nitrogens with one attached hydrogen (secondary N) is 2. The number of nitrogens with zero attached hydrogens (tertiary/aromatic N) is 2. The summed E-state index contributed by atoms with van der Waals surface area (Å²) in [5.74, 6) is -1.53. The fourth-order valence-electron chi connectivity index (χ4n) is 4.33. The van der Waals surface area contributed by atoms with Gasteiger partial charge in [-0.05, 0) is 73.5 Å². The maximum atomic E-state index is 13.6. The zero-order chi connectivity index (χ0) is 29.4. The Morgan fingerprint density at radius 1 is 1.07 bits per heavy atom. The van der Waals surface area contributed by atoms with Crippen LogP contribution in [0.15, 0.2) is 66.9 Å². The van der Waals surface area contributed by atoms with Crippen molar-refractivity contribution in [2.24, 2.45) is 11.1 Å². The van der Waals surface area contributed by atoms with Crippen LogP contribution in [-0.4, -0.2) is 54.7 Å². The van der Waals surface area contributed by atoms with Crippen molar-refractivity contribution in [3.05, 3.63) is 78.4 Å². The summed E-state index contributed by atoms with van der Waals surface area (Å²) in [6.07, 6.45) is 3.27. The van der Waals surface area contributed by atoms with E-state index >= 15 is 0 Å². The zero-order valence-electron chi connectivity index (χ0n) is 21.9. The largest absolute Gasteiger partial charge is 0.457 e. The monoisotopic (exact) mass is 579 g/mol. The summed E-state index contributed by atoms with van der Waals surface area (Å²) < 4.78 is 42.3. The molecule has 5 rings (SSSR count). The second kappa shape index (κ2) is 10.7. The van der Waals surface area contributed by atoms with Crippen molar-refractivity contribution >= 4 is 50.0 Å². The Balaban J connectivity index is 1.38. The van der Waals surface area contributed by atoms with Crippen LogP contribution in [0.3, 0.4) is 0 Å². The number of pyridine rings is 1. The lowest BCUT2D eigenvalue weighted by atomic mass is 10.0. The number of aromatic nitrogens is 2. The number of sulfone groups is 1. The van der Waals surface area contributed by atoms with Crippen LogP contribution in [0.25, 0.3) is 11.0 Å². The number of rotatable bonds is 10. The third-order valence-electron chi connectivity index (χ3n) is 6.74. The Morgan fingerprint density at radius 2 is 1.71 bits per heavy atom. The number of carbonyl (C=O) groups is 3. The number of carbonyl (C=O) groups excluding carboxylic acids is 3. The van der Waals surface area contributed by atoms with E-state index in [9.17, 15) is 27.2 Å². The number of H-pyrrole nitrogens is 1. The summed E-state index contributed by atoms with van der Waals surface area (Å²) >= 11 is 0. The number of hydrogen-bond acceptors (Lipinski definition) is 7. The topological polar surface area (TPSA) is 165 Å². The smallest absolute Gasteiger partial charge is 0.267 e. The molecule has 0 saturated heterocycles. The highest BCUT2D eigenvalue weighted by molar-refractivity contribution is 7.90. The zero-order valence-corrected chi connectivity index (χ0v) is 22.7. The summed E-state index contributed by atoms with van der Waals surface area (Å²) in [6, 6.07) is 15.0. The van der Waals surface area contributed by atoms with Crippen LogP contribution in [-0.2, 0) is 19.4 Å². The highest BCUT2D eigenvalue weighted by Gasteiger charge is 2.57. The molecule has 1 saturated carbocycles. The van der Waals surface area contributed by atoms with Crippen LogP contribution in [0.2, 0.25) is 0 Å². The van der Waals surface area contributed by atoms with Crippen LogP contribution >= 0.6 is 0 Å². The second-order valence-corrected chi connectivity index (χ2v) is 12.1. The van der Waals surface area contributed by atoms with Gasteiger partial charge in [0.2, 0.25) is 11.8 Å². The van der Waals surface area contributed by atoms with Gasteiger partial charge in [-0.1, -0.05) is 0 Å². The lowest BCUT2D eigenvalue weighted by Crippen LogP contribution is -2.41. The summed E-state index contributed by atoms with van der Waals surface area (Å²) in [6.45, 7) is -0.0336. The number of anilines is 2. The van der Waals surface area contributed by atoms with Gasteiger partial charge in [-0.15, -0.1) is 0 Å². The first-order valence-electron chi connectivity index (χ1n) is 12.6. The molecular formula is C28H26FN5O6S. The number of benzene rings is 2. The molecule has 0 atom stereocenters. The third-order valence-corrected chi connectivity index (χ3v) is 7.68. The minimum Gasteiger partial charge on any atom is -0.457 e. The average Bonchev–Trinajstić information content (AvgIpc) is 3.63. The van der Waals surface area contributed by atoms with Gasteiger partial charge in [0.1, 0.15) is 43.9 Å². The van der Waals surface area contributed by atoms with Crippen molar-refractivity contribution in [1.82, 2.24) is 15.3 Å². The number of primary amides is 1. The van der Waals surface area contributed by atoms with E-state index in [0.29, 0.717) is 46.7 Å². The van der Waals surface area contributed by atoms with E-state index in [-0.39, 0.29) is 18.0 Å². The number of hydrogen-bond donors (Lipinski definition) is 3. The maximum Gasteiger partial charge on any atom is 0.267 e.